The van der Waals surface area contributed by atoms with Gasteiger partial charge in [-0.05, 0) is 27.7 Å². The van der Waals surface area contributed by atoms with E-state index in [1.165, 1.54) is 0 Å². The second-order valence-corrected chi connectivity index (χ2v) is 8.83. The summed E-state index contributed by atoms with van der Waals surface area (Å²) >= 11 is 0. The molecule has 0 unspecified atom stereocenters. The van der Waals surface area contributed by atoms with Crippen LogP contribution in [0.5, 0.6) is 0 Å². The van der Waals surface area contributed by atoms with Gasteiger partial charge in [-0.1, -0.05) is 0 Å². The molecule has 0 atom stereocenters. The third kappa shape index (κ3) is 5.23. The van der Waals surface area contributed by atoms with Crippen LogP contribution in [0.3, 0.4) is 0 Å². The van der Waals surface area contributed by atoms with Gasteiger partial charge in [-0.15, -0.1) is 0 Å². The molecule has 0 aliphatic carbocycles. The summed E-state index contributed by atoms with van der Waals surface area (Å²) in [5.74, 6) is 0. The van der Waals surface area contributed by atoms with E-state index in [1.807, 2.05) is 0 Å². The minimum Gasteiger partial charge on any atom is -0.317 e. The van der Waals surface area contributed by atoms with Gasteiger partial charge in [0.1, 0.15) is 0 Å². The highest BCUT2D eigenvalue weighted by Crippen LogP contribution is 2.67. The van der Waals surface area contributed by atoms with Crippen LogP contribution in [0.25, 0.3) is 0 Å². The lowest BCUT2D eigenvalue weighted by molar-refractivity contribution is -0.859. The van der Waals surface area contributed by atoms with Crippen LogP contribution in [0.4, 0.5) is 0 Å². The maximum Gasteiger partial charge on any atom is 0.400 e. The van der Waals surface area contributed by atoms with Gasteiger partial charge in [0.2, 0.25) is 0 Å². The molecule has 0 radical (unpaired) electrons. The molecule has 0 aromatic heterocycles. The Morgan fingerprint density at radius 1 is 0.750 bits per heavy atom. The van der Waals surface area contributed by atoms with Gasteiger partial charge in [0, 0.05) is 0 Å². The molecule has 0 aromatic rings. The normalized spacial score (nSPS) is 13.4. The van der Waals surface area contributed by atoms with Crippen LogP contribution in [0.1, 0.15) is 27.7 Å². The first kappa shape index (κ1) is 20.3. The van der Waals surface area contributed by atoms with Gasteiger partial charge in [0.05, 0.1) is 40.5 Å². The Morgan fingerprint density at radius 2 is 1.00 bits per heavy atom. The number of hydrogen-bond donors (Lipinski definition) is 1. The summed E-state index contributed by atoms with van der Waals surface area (Å²) < 4.78 is 47.2. The Morgan fingerprint density at radius 3 is 1.15 bits per heavy atom. The Kier molecular flexibility index (Phi) is 9.43. The first-order valence-electron chi connectivity index (χ1n) is 6.88. The van der Waals surface area contributed by atoms with E-state index in [2.05, 4.69) is 0 Å². The van der Waals surface area contributed by atoms with Gasteiger partial charge in [-0.25, -0.2) is 0 Å². The molecular weight excluding hydrogens is 304 g/mol. The lowest BCUT2D eigenvalue weighted by Gasteiger charge is -2.32. The zero-order valence-electron chi connectivity index (χ0n) is 13.2. The lowest BCUT2D eigenvalue weighted by Crippen LogP contribution is -3.09. The Balaban J connectivity index is 5.67. The summed E-state index contributed by atoms with van der Waals surface area (Å²) in [5, 5.41) is 0. The monoisotopic (exact) mass is 332 g/mol. The molecular formula is C11H28NO6P2+. The van der Waals surface area contributed by atoms with Crippen molar-refractivity contribution in [2.24, 2.45) is 0 Å². The van der Waals surface area contributed by atoms with Crippen LogP contribution in [0, 0.1) is 0 Å². The van der Waals surface area contributed by atoms with Gasteiger partial charge in [-0.2, -0.15) is 0 Å². The number of quaternary nitrogens is 1. The van der Waals surface area contributed by atoms with E-state index in [9.17, 15) is 9.13 Å². The van der Waals surface area contributed by atoms with Crippen molar-refractivity contribution in [3.05, 3.63) is 0 Å². The minimum atomic E-state index is -3.62. The zero-order chi connectivity index (χ0) is 15.8. The maximum atomic E-state index is 13.0. The lowest BCUT2D eigenvalue weighted by atomic mass is 10.9. The van der Waals surface area contributed by atoms with Crippen molar-refractivity contribution in [3.63, 3.8) is 0 Å². The minimum absolute atomic E-state index is 0.194. The average Bonchev–Trinajstić information content (AvgIpc) is 2.28. The number of rotatable bonds is 11. The second kappa shape index (κ2) is 9.31. The summed E-state index contributed by atoms with van der Waals surface area (Å²) in [5.41, 5.74) is -1.00. The highest BCUT2D eigenvalue weighted by Gasteiger charge is 2.56. The van der Waals surface area contributed by atoms with E-state index in [1.54, 1.807) is 41.8 Å². The average molecular weight is 332 g/mol. The van der Waals surface area contributed by atoms with E-state index in [4.69, 9.17) is 18.1 Å². The molecule has 1 N–H and O–H groups in total. The first-order valence-corrected chi connectivity index (χ1v) is 10.1. The molecule has 9 heteroatoms. The third-order valence-corrected chi connectivity index (χ3v) is 8.75. The molecule has 0 saturated carbocycles. The largest absolute Gasteiger partial charge is 0.400 e. The molecule has 0 amide bonds. The van der Waals surface area contributed by atoms with Crippen molar-refractivity contribution in [1.82, 2.24) is 0 Å². The molecule has 20 heavy (non-hydrogen) atoms. The molecule has 0 spiro atoms. The topological polar surface area (TPSA) is 75.5 Å². The summed E-state index contributed by atoms with van der Waals surface area (Å²) in [4.78, 5) is 0.639. The second-order valence-electron chi connectivity index (χ2n) is 4.20. The highest BCUT2D eigenvalue weighted by atomic mass is 31.2. The van der Waals surface area contributed by atoms with Crippen molar-refractivity contribution in [2.45, 2.75) is 33.2 Å². The standard InChI is InChI=1S/C11H27NO6P2/c1-7-15-19(13,16-8-2)11(12(5)6)20(14,17-9-3)18-10-4/h11H,7-10H2,1-6H3/p+1. The van der Waals surface area contributed by atoms with E-state index >= 15 is 0 Å². The van der Waals surface area contributed by atoms with Crippen LogP contribution in [-0.4, -0.2) is 46.0 Å². The Bertz CT molecular complexity index is 313. The predicted molar refractivity (Wildman–Crippen MR) is 78.3 cm³/mol. The van der Waals surface area contributed by atoms with E-state index < -0.39 is 20.7 Å². The van der Waals surface area contributed by atoms with Crippen LogP contribution in [-0.2, 0) is 27.2 Å². The van der Waals surface area contributed by atoms with E-state index in [0.717, 1.165) is 0 Å². The molecule has 0 heterocycles. The van der Waals surface area contributed by atoms with Gasteiger partial charge in [0.15, 0.2) is 0 Å². The summed E-state index contributed by atoms with van der Waals surface area (Å²) in [7, 11) is -3.79. The highest BCUT2D eigenvalue weighted by molar-refractivity contribution is 7.72. The zero-order valence-corrected chi connectivity index (χ0v) is 15.0. The molecule has 122 valence electrons. The van der Waals surface area contributed by atoms with E-state index in [0.29, 0.717) is 4.90 Å². The molecule has 7 nitrogen and oxygen atoms in total. The van der Waals surface area contributed by atoms with Crippen LogP contribution in [0.2, 0.25) is 0 Å². The quantitative estimate of drug-likeness (QED) is 0.583. The van der Waals surface area contributed by atoms with Crippen molar-refractivity contribution in [2.75, 3.05) is 40.5 Å². The number of hydrogen-bond acceptors (Lipinski definition) is 6. The summed E-state index contributed by atoms with van der Waals surface area (Å²) in [6.07, 6.45) is 0. The number of nitrogens with one attached hydrogen (secondary N) is 1. The smallest absolute Gasteiger partial charge is 0.317 e. The van der Waals surface area contributed by atoms with Crippen LogP contribution in [0.15, 0.2) is 0 Å². The Hall–Kier alpha value is 0.260. The van der Waals surface area contributed by atoms with Crippen LogP contribution >= 0.6 is 15.2 Å². The van der Waals surface area contributed by atoms with Gasteiger partial charge >= 0.3 is 15.2 Å². The van der Waals surface area contributed by atoms with Crippen molar-refractivity contribution < 1.29 is 32.1 Å². The van der Waals surface area contributed by atoms with Gasteiger partial charge < -0.3 is 23.0 Å². The molecule has 0 bridgehead atoms. The first-order chi connectivity index (χ1) is 9.31. The van der Waals surface area contributed by atoms with Gasteiger partial charge in [-0.3, -0.25) is 9.13 Å². The molecule has 0 fully saturated rings. The maximum absolute atomic E-state index is 13.0. The molecule has 0 aromatic carbocycles. The summed E-state index contributed by atoms with van der Waals surface area (Å²) in [6.45, 7) is 7.61. The Labute approximate surface area is 122 Å². The molecule has 0 rings (SSSR count). The molecule has 0 aliphatic heterocycles. The van der Waals surface area contributed by atoms with E-state index in [-0.39, 0.29) is 26.4 Å². The SMILES string of the molecule is CCOP(=O)(OCC)C([NH+](C)C)P(=O)(OCC)OCC. The van der Waals surface area contributed by atoms with Gasteiger partial charge in [0.25, 0.3) is 5.52 Å². The van der Waals surface area contributed by atoms with Crippen molar-refractivity contribution >= 4 is 15.2 Å². The fraction of sp³-hybridized carbons (Fsp3) is 1.00. The van der Waals surface area contributed by atoms with Crippen molar-refractivity contribution in [3.8, 4) is 0 Å². The predicted octanol–water partition coefficient (Wildman–Crippen LogP) is 1.95. The summed E-state index contributed by atoms with van der Waals surface area (Å²) in [6, 6.07) is 0. The molecule has 0 saturated heterocycles. The molecule has 0 aliphatic rings. The van der Waals surface area contributed by atoms with Crippen molar-refractivity contribution in [1.29, 1.82) is 0 Å². The fourth-order valence-corrected chi connectivity index (χ4v) is 7.49. The fourth-order valence-electron chi connectivity index (χ4n) is 1.88. The third-order valence-electron chi connectivity index (χ3n) is 2.35. The van der Waals surface area contributed by atoms with Crippen LogP contribution < -0.4 is 4.90 Å².